The van der Waals surface area contributed by atoms with Gasteiger partial charge in [-0.05, 0) is 54.6 Å². The van der Waals surface area contributed by atoms with E-state index >= 15 is 0 Å². The van der Waals surface area contributed by atoms with Gasteiger partial charge in [-0.1, -0.05) is 17.8 Å². The number of amides is 2. The van der Waals surface area contributed by atoms with Gasteiger partial charge in [0.05, 0.1) is 35.6 Å². The van der Waals surface area contributed by atoms with Crippen molar-refractivity contribution in [3.63, 3.8) is 0 Å². The molecule has 0 unspecified atom stereocenters. The highest BCUT2D eigenvalue weighted by molar-refractivity contribution is 7.99. The molecule has 2 amide bonds. The van der Waals surface area contributed by atoms with Crippen LogP contribution in [0, 0.1) is 10.1 Å². The van der Waals surface area contributed by atoms with E-state index in [1.165, 1.54) is 48.1 Å². The minimum Gasteiger partial charge on any atom is -0.497 e. The molecule has 15 heteroatoms. The van der Waals surface area contributed by atoms with Gasteiger partial charge in [-0.3, -0.25) is 24.3 Å². The number of nitro benzene ring substituents is 1. The number of alkyl halides is 3. The molecule has 0 spiro atoms. The zero-order valence-corrected chi connectivity index (χ0v) is 22.0. The molecule has 3 aromatic carbocycles. The van der Waals surface area contributed by atoms with Crippen molar-refractivity contribution in [3.05, 3.63) is 99.9 Å². The lowest BCUT2D eigenvalue weighted by Gasteiger charge is -2.13. The number of nitro groups is 1. The summed E-state index contributed by atoms with van der Waals surface area (Å²) in [5, 5.41) is 24.3. The van der Waals surface area contributed by atoms with E-state index in [0.29, 0.717) is 11.4 Å². The average Bonchev–Trinajstić information content (AvgIpc) is 3.37. The monoisotopic (exact) mass is 586 g/mol. The van der Waals surface area contributed by atoms with Crippen LogP contribution in [0.25, 0.3) is 5.69 Å². The molecule has 2 N–H and O–H groups in total. The first-order valence-corrected chi connectivity index (χ1v) is 12.7. The minimum absolute atomic E-state index is 0.0717. The van der Waals surface area contributed by atoms with E-state index < -0.39 is 28.5 Å². The van der Waals surface area contributed by atoms with Crippen molar-refractivity contribution in [1.29, 1.82) is 0 Å². The van der Waals surface area contributed by atoms with E-state index in [2.05, 4.69) is 20.8 Å². The summed E-state index contributed by atoms with van der Waals surface area (Å²) in [5.41, 5.74) is -0.375. The van der Waals surface area contributed by atoms with Crippen molar-refractivity contribution in [1.82, 2.24) is 20.1 Å². The molecule has 0 aliphatic heterocycles. The fourth-order valence-electron chi connectivity index (χ4n) is 3.59. The third kappa shape index (κ3) is 7.39. The van der Waals surface area contributed by atoms with Gasteiger partial charge < -0.3 is 15.4 Å². The molecule has 0 aliphatic rings. The number of hydrogen-bond acceptors (Lipinski definition) is 8. The maximum Gasteiger partial charge on any atom is 0.416 e. The van der Waals surface area contributed by atoms with Crippen LogP contribution in [0.1, 0.15) is 21.7 Å². The maximum absolute atomic E-state index is 13.4. The van der Waals surface area contributed by atoms with Crippen molar-refractivity contribution in [2.75, 3.05) is 18.2 Å². The lowest BCUT2D eigenvalue weighted by molar-refractivity contribution is -0.384. The average molecular weight is 587 g/mol. The molecule has 0 saturated carbocycles. The van der Waals surface area contributed by atoms with E-state index in [1.54, 1.807) is 24.3 Å². The first-order chi connectivity index (χ1) is 19.5. The SMILES string of the molecule is COc1ccc(NC(=O)CSc2nnc(CNC(=O)c3ccc([N+](=O)[O-])cc3)n2-c2cccc(C(F)(F)F)c2)cc1. The van der Waals surface area contributed by atoms with E-state index in [9.17, 15) is 32.9 Å². The fourth-order valence-corrected chi connectivity index (χ4v) is 4.36. The summed E-state index contributed by atoms with van der Waals surface area (Å²) in [5.74, 6) is -0.422. The zero-order valence-electron chi connectivity index (χ0n) is 21.2. The van der Waals surface area contributed by atoms with Gasteiger partial charge in [0.15, 0.2) is 11.0 Å². The summed E-state index contributed by atoms with van der Waals surface area (Å²) in [6.45, 7) is -0.238. The number of carbonyl (C=O) groups is 2. The number of nitrogens with zero attached hydrogens (tertiary/aromatic N) is 4. The van der Waals surface area contributed by atoms with Gasteiger partial charge in [-0.15, -0.1) is 10.2 Å². The second-order valence-corrected chi connectivity index (χ2v) is 9.28. The van der Waals surface area contributed by atoms with Crippen LogP contribution in [0.2, 0.25) is 0 Å². The smallest absolute Gasteiger partial charge is 0.416 e. The Balaban J connectivity index is 1.54. The molecule has 0 aliphatic carbocycles. The van der Waals surface area contributed by atoms with E-state index in [1.807, 2.05) is 0 Å². The number of non-ortho nitro benzene ring substituents is 1. The van der Waals surface area contributed by atoms with Crippen LogP contribution in [0.4, 0.5) is 24.5 Å². The normalized spacial score (nSPS) is 11.1. The zero-order chi connectivity index (χ0) is 29.6. The van der Waals surface area contributed by atoms with Gasteiger partial charge in [-0.25, -0.2) is 0 Å². The Hall–Kier alpha value is -4.92. The van der Waals surface area contributed by atoms with Gasteiger partial charge in [0.2, 0.25) is 5.91 Å². The molecule has 4 rings (SSSR count). The van der Waals surface area contributed by atoms with Crippen LogP contribution < -0.4 is 15.4 Å². The number of nitrogens with one attached hydrogen (secondary N) is 2. The Kier molecular flexibility index (Phi) is 8.87. The summed E-state index contributed by atoms with van der Waals surface area (Å²) in [6.07, 6.45) is -4.61. The number of aromatic nitrogens is 3. The molecule has 0 atom stereocenters. The highest BCUT2D eigenvalue weighted by Gasteiger charge is 2.31. The van der Waals surface area contributed by atoms with Crippen molar-refractivity contribution < 1.29 is 32.4 Å². The van der Waals surface area contributed by atoms with Crippen LogP contribution in [0.3, 0.4) is 0 Å². The predicted octanol–water partition coefficient (Wildman–Crippen LogP) is 4.86. The molecule has 0 saturated heterocycles. The summed E-state index contributed by atoms with van der Waals surface area (Å²) >= 11 is 0.941. The Morgan fingerprint density at radius 1 is 1.05 bits per heavy atom. The van der Waals surface area contributed by atoms with Crippen LogP contribution in [0.5, 0.6) is 5.75 Å². The fraction of sp³-hybridized carbons (Fsp3) is 0.154. The summed E-state index contributed by atoms with van der Waals surface area (Å²) in [6, 6.07) is 16.0. The van der Waals surface area contributed by atoms with Gasteiger partial charge in [0.1, 0.15) is 5.75 Å². The molecule has 212 valence electrons. The van der Waals surface area contributed by atoms with Crippen LogP contribution >= 0.6 is 11.8 Å². The van der Waals surface area contributed by atoms with Crippen LogP contribution in [-0.2, 0) is 17.5 Å². The third-order valence-corrected chi connectivity index (χ3v) is 6.51. The quantitative estimate of drug-likeness (QED) is 0.152. The molecular weight excluding hydrogens is 565 g/mol. The molecule has 11 nitrogen and oxygen atoms in total. The minimum atomic E-state index is -4.61. The van der Waals surface area contributed by atoms with Crippen molar-refractivity contribution in [2.24, 2.45) is 0 Å². The maximum atomic E-state index is 13.4. The number of hydrogen-bond donors (Lipinski definition) is 2. The number of carbonyl (C=O) groups excluding carboxylic acids is 2. The predicted molar refractivity (Wildman–Crippen MR) is 143 cm³/mol. The first-order valence-electron chi connectivity index (χ1n) is 11.8. The lowest BCUT2D eigenvalue weighted by Crippen LogP contribution is -2.24. The van der Waals surface area contributed by atoms with Gasteiger partial charge >= 0.3 is 6.18 Å². The van der Waals surface area contributed by atoms with Gasteiger partial charge in [0, 0.05) is 23.4 Å². The van der Waals surface area contributed by atoms with E-state index in [-0.39, 0.29) is 40.2 Å². The lowest BCUT2D eigenvalue weighted by atomic mass is 10.2. The summed E-state index contributed by atoms with van der Waals surface area (Å²) < 4.78 is 46.7. The molecule has 0 radical (unpaired) electrons. The second-order valence-electron chi connectivity index (χ2n) is 8.33. The highest BCUT2D eigenvalue weighted by atomic mass is 32.2. The number of rotatable bonds is 10. The molecule has 4 aromatic rings. The second kappa shape index (κ2) is 12.5. The van der Waals surface area contributed by atoms with E-state index in [4.69, 9.17) is 4.74 Å². The third-order valence-electron chi connectivity index (χ3n) is 5.59. The topological polar surface area (TPSA) is 141 Å². The molecular formula is C26H21F3N6O5S. The first kappa shape index (κ1) is 29.1. The number of ether oxygens (including phenoxy) is 1. The number of halogens is 3. The number of anilines is 1. The molecule has 0 bridgehead atoms. The molecule has 1 heterocycles. The van der Waals surface area contributed by atoms with E-state index in [0.717, 1.165) is 23.9 Å². The standard InChI is InChI=1S/C26H21F3N6O5S/c1-40-21-11-7-18(8-12-21)31-23(36)15-41-25-33-32-22(34(25)20-4-2-3-17(13-20)26(27,28)29)14-30-24(37)16-5-9-19(10-6-16)35(38)39/h2-13H,14-15H2,1H3,(H,30,37)(H,31,36). The highest BCUT2D eigenvalue weighted by Crippen LogP contribution is 2.32. The van der Waals surface area contributed by atoms with Crippen LogP contribution in [0.15, 0.2) is 78.0 Å². The summed E-state index contributed by atoms with van der Waals surface area (Å²) in [4.78, 5) is 35.4. The van der Waals surface area contributed by atoms with Crippen molar-refractivity contribution in [2.45, 2.75) is 17.9 Å². The number of thioether (sulfide) groups is 1. The Morgan fingerprint density at radius 3 is 2.39 bits per heavy atom. The van der Waals surface area contributed by atoms with Gasteiger partial charge in [-0.2, -0.15) is 13.2 Å². The molecule has 41 heavy (non-hydrogen) atoms. The Labute approximate surface area is 234 Å². The summed E-state index contributed by atoms with van der Waals surface area (Å²) in [7, 11) is 1.51. The Bertz CT molecular complexity index is 1560. The van der Waals surface area contributed by atoms with Crippen LogP contribution in [-0.4, -0.2) is 44.4 Å². The van der Waals surface area contributed by atoms with Crippen molar-refractivity contribution in [3.8, 4) is 11.4 Å². The molecule has 1 aromatic heterocycles. The number of methoxy groups -OCH3 is 1. The Morgan fingerprint density at radius 2 is 1.76 bits per heavy atom. The molecule has 0 fully saturated rings. The van der Waals surface area contributed by atoms with Gasteiger partial charge in [0.25, 0.3) is 11.6 Å². The largest absolute Gasteiger partial charge is 0.497 e. The van der Waals surface area contributed by atoms with Crippen molar-refractivity contribution >= 4 is 35.0 Å². The number of benzene rings is 3.